The normalized spacial score (nSPS) is 20.1. The topological polar surface area (TPSA) is 78.9 Å². The van der Waals surface area contributed by atoms with Crippen LogP contribution >= 0.6 is 0 Å². The van der Waals surface area contributed by atoms with Crippen molar-refractivity contribution in [1.82, 2.24) is 10.2 Å². The Kier molecular flexibility index (Phi) is 7.17. The molecule has 2 fully saturated rings. The Balaban J connectivity index is 1.54. The predicted molar refractivity (Wildman–Crippen MR) is 134 cm³/mol. The van der Waals surface area contributed by atoms with Gasteiger partial charge in [-0.15, -0.1) is 0 Å². The standard InChI is InChI=1S/C28H38N2O4/c1-27(2,3)29-26(32)34-21-14-18-30(19-15-21)25(31)24(28(33)16-7-4-8-17-28)23-13-9-11-20-10-5-6-12-22(20)23/h5-6,9-13,21,24,33H,4,7-8,14-19H2,1-3H3,(H,29,32). The van der Waals surface area contributed by atoms with E-state index in [2.05, 4.69) is 17.4 Å². The lowest BCUT2D eigenvalue weighted by atomic mass is 9.71. The Morgan fingerprint density at radius 2 is 1.68 bits per heavy atom. The highest BCUT2D eigenvalue weighted by Gasteiger charge is 2.45. The number of nitrogens with one attached hydrogen (secondary N) is 1. The van der Waals surface area contributed by atoms with Crippen molar-refractivity contribution in [3.63, 3.8) is 0 Å². The minimum atomic E-state index is -1.04. The summed E-state index contributed by atoms with van der Waals surface area (Å²) in [6.45, 7) is 6.78. The van der Waals surface area contributed by atoms with E-state index in [0.29, 0.717) is 38.8 Å². The third-order valence-corrected chi connectivity index (χ3v) is 7.14. The second-order valence-corrected chi connectivity index (χ2v) is 11.0. The lowest BCUT2D eigenvalue weighted by molar-refractivity contribution is -0.143. The van der Waals surface area contributed by atoms with Crippen molar-refractivity contribution >= 4 is 22.8 Å². The molecular weight excluding hydrogens is 428 g/mol. The van der Waals surface area contributed by atoms with Crippen molar-refractivity contribution < 1.29 is 19.4 Å². The number of hydrogen-bond acceptors (Lipinski definition) is 4. The number of benzene rings is 2. The van der Waals surface area contributed by atoms with Crippen LogP contribution in [0.25, 0.3) is 10.8 Å². The molecule has 2 aromatic carbocycles. The maximum atomic E-state index is 14.0. The number of rotatable bonds is 4. The fourth-order valence-corrected chi connectivity index (χ4v) is 5.47. The number of amides is 2. The molecule has 2 N–H and O–H groups in total. The summed E-state index contributed by atoms with van der Waals surface area (Å²) in [5, 5.41) is 16.7. The van der Waals surface area contributed by atoms with E-state index in [4.69, 9.17) is 4.74 Å². The monoisotopic (exact) mass is 466 g/mol. The average Bonchev–Trinajstić information content (AvgIpc) is 2.79. The first kappa shape index (κ1) is 24.5. The summed E-state index contributed by atoms with van der Waals surface area (Å²) in [4.78, 5) is 28.0. The van der Waals surface area contributed by atoms with Gasteiger partial charge in [-0.1, -0.05) is 61.7 Å². The quantitative estimate of drug-likeness (QED) is 0.654. The van der Waals surface area contributed by atoms with Crippen molar-refractivity contribution in [1.29, 1.82) is 0 Å². The lowest BCUT2D eigenvalue weighted by Gasteiger charge is -2.42. The zero-order valence-corrected chi connectivity index (χ0v) is 20.7. The number of ether oxygens (including phenoxy) is 1. The maximum absolute atomic E-state index is 14.0. The van der Waals surface area contributed by atoms with Crippen LogP contribution in [0.3, 0.4) is 0 Å². The molecule has 2 aliphatic rings. The summed E-state index contributed by atoms with van der Waals surface area (Å²) >= 11 is 0. The zero-order valence-electron chi connectivity index (χ0n) is 20.7. The Morgan fingerprint density at radius 3 is 2.35 bits per heavy atom. The molecule has 1 saturated carbocycles. The molecule has 6 heteroatoms. The molecule has 2 amide bonds. The minimum Gasteiger partial charge on any atom is -0.446 e. The van der Waals surface area contributed by atoms with Gasteiger partial charge < -0.3 is 20.1 Å². The van der Waals surface area contributed by atoms with Gasteiger partial charge in [-0.3, -0.25) is 4.79 Å². The molecule has 1 aliphatic carbocycles. The Bertz CT molecular complexity index is 1010. The summed E-state index contributed by atoms with van der Waals surface area (Å²) < 4.78 is 5.60. The van der Waals surface area contributed by atoms with Crippen LogP contribution in [0, 0.1) is 0 Å². The maximum Gasteiger partial charge on any atom is 0.407 e. The van der Waals surface area contributed by atoms with Gasteiger partial charge in [-0.25, -0.2) is 4.79 Å². The third-order valence-electron chi connectivity index (χ3n) is 7.14. The predicted octanol–water partition coefficient (Wildman–Crippen LogP) is 5.13. The Hall–Kier alpha value is -2.60. The lowest BCUT2D eigenvalue weighted by Crippen LogP contribution is -2.51. The van der Waals surface area contributed by atoms with Crippen LogP contribution in [0.1, 0.15) is 77.2 Å². The van der Waals surface area contributed by atoms with E-state index in [1.54, 1.807) is 0 Å². The van der Waals surface area contributed by atoms with Crippen molar-refractivity contribution in [3.8, 4) is 0 Å². The molecule has 1 saturated heterocycles. The van der Waals surface area contributed by atoms with Gasteiger partial charge in [-0.2, -0.15) is 0 Å². The second-order valence-electron chi connectivity index (χ2n) is 11.0. The van der Waals surface area contributed by atoms with Crippen LogP contribution < -0.4 is 5.32 Å². The van der Waals surface area contributed by atoms with Crippen molar-refractivity contribution in [2.24, 2.45) is 0 Å². The fourth-order valence-electron chi connectivity index (χ4n) is 5.47. The van der Waals surface area contributed by atoms with Crippen molar-refractivity contribution in [2.45, 2.75) is 88.9 Å². The van der Waals surface area contributed by atoms with E-state index in [9.17, 15) is 14.7 Å². The van der Waals surface area contributed by atoms with Crippen LogP contribution in [0.4, 0.5) is 4.79 Å². The minimum absolute atomic E-state index is 0.0154. The molecule has 0 bridgehead atoms. The first-order chi connectivity index (χ1) is 16.2. The summed E-state index contributed by atoms with van der Waals surface area (Å²) in [5.41, 5.74) is -0.482. The van der Waals surface area contributed by atoms with Crippen molar-refractivity contribution in [2.75, 3.05) is 13.1 Å². The van der Waals surface area contributed by atoms with Crippen LogP contribution in [-0.2, 0) is 9.53 Å². The van der Waals surface area contributed by atoms with Crippen molar-refractivity contribution in [3.05, 3.63) is 48.0 Å². The number of alkyl carbamates (subject to hydrolysis) is 1. The largest absolute Gasteiger partial charge is 0.446 e. The first-order valence-corrected chi connectivity index (χ1v) is 12.6. The molecule has 6 nitrogen and oxygen atoms in total. The molecule has 184 valence electrons. The van der Waals surface area contributed by atoms with Gasteiger partial charge in [0.1, 0.15) is 6.10 Å². The summed E-state index contributed by atoms with van der Waals surface area (Å²) in [5.74, 6) is -0.612. The molecule has 1 aliphatic heterocycles. The SMILES string of the molecule is CC(C)(C)NC(=O)OC1CCN(C(=O)C(c2cccc3ccccc23)C2(O)CCCCC2)CC1. The molecule has 1 heterocycles. The van der Waals surface area contributed by atoms with E-state index in [0.717, 1.165) is 35.6 Å². The Morgan fingerprint density at radius 1 is 1.03 bits per heavy atom. The van der Waals surface area contributed by atoms with E-state index in [-0.39, 0.29) is 17.6 Å². The smallest absolute Gasteiger partial charge is 0.407 e. The number of carbonyl (C=O) groups is 2. The van der Waals surface area contributed by atoms with E-state index >= 15 is 0 Å². The highest BCUT2D eigenvalue weighted by atomic mass is 16.6. The zero-order chi connectivity index (χ0) is 24.3. The van der Waals surface area contributed by atoms with Crippen LogP contribution in [0.5, 0.6) is 0 Å². The first-order valence-electron chi connectivity index (χ1n) is 12.6. The summed E-state index contributed by atoms with van der Waals surface area (Å²) in [6.07, 6.45) is 4.82. The summed E-state index contributed by atoms with van der Waals surface area (Å²) in [7, 11) is 0. The Labute approximate surface area is 202 Å². The molecule has 1 unspecified atom stereocenters. The third kappa shape index (κ3) is 5.54. The van der Waals surface area contributed by atoms with Gasteiger partial charge in [0.15, 0.2) is 0 Å². The molecule has 2 aromatic rings. The van der Waals surface area contributed by atoms with Crippen LogP contribution in [0.15, 0.2) is 42.5 Å². The number of aliphatic hydroxyl groups is 1. The van der Waals surface area contributed by atoms with Crippen LogP contribution in [-0.4, -0.2) is 52.3 Å². The fraction of sp³-hybridized carbons (Fsp3) is 0.571. The van der Waals surface area contributed by atoms with E-state index < -0.39 is 17.6 Å². The molecule has 1 atom stereocenters. The highest BCUT2D eigenvalue weighted by Crippen LogP contribution is 2.43. The second kappa shape index (κ2) is 9.95. The number of fused-ring (bicyclic) bond motifs is 1. The van der Waals surface area contributed by atoms with Gasteiger partial charge in [-0.05, 0) is 49.9 Å². The molecule has 34 heavy (non-hydrogen) atoms. The number of carbonyl (C=O) groups excluding carboxylic acids is 2. The average molecular weight is 467 g/mol. The highest BCUT2D eigenvalue weighted by molar-refractivity contribution is 5.94. The van der Waals surface area contributed by atoms with Gasteiger partial charge in [0.05, 0.1) is 11.5 Å². The molecular formula is C28H38N2O4. The molecule has 0 radical (unpaired) electrons. The molecule has 0 aromatic heterocycles. The van der Waals surface area contributed by atoms with Gasteiger partial charge in [0.2, 0.25) is 5.91 Å². The number of nitrogens with zero attached hydrogens (tertiary/aromatic N) is 1. The van der Waals surface area contributed by atoms with E-state index in [1.807, 2.05) is 56.0 Å². The molecule has 0 spiro atoms. The van der Waals surface area contributed by atoms with E-state index in [1.165, 1.54) is 0 Å². The number of likely N-dealkylation sites (tertiary alicyclic amines) is 1. The van der Waals surface area contributed by atoms with Crippen LogP contribution in [0.2, 0.25) is 0 Å². The van der Waals surface area contributed by atoms with Gasteiger partial charge in [0, 0.05) is 31.5 Å². The number of piperidine rings is 1. The molecule has 4 rings (SSSR count). The van der Waals surface area contributed by atoms with Gasteiger partial charge >= 0.3 is 6.09 Å². The number of hydrogen-bond donors (Lipinski definition) is 2. The van der Waals surface area contributed by atoms with Gasteiger partial charge in [0.25, 0.3) is 0 Å². The summed E-state index contributed by atoms with van der Waals surface area (Å²) in [6, 6.07) is 14.1.